The van der Waals surface area contributed by atoms with Crippen molar-refractivity contribution in [3.05, 3.63) is 57.1 Å². The van der Waals surface area contributed by atoms with Crippen molar-refractivity contribution >= 4 is 23.0 Å². The smallest absolute Gasteiger partial charge is 0.410 e. The van der Waals surface area contributed by atoms with Crippen molar-refractivity contribution in [2.24, 2.45) is 0 Å². The number of carbonyl (C=O) groups excluding carboxylic acids is 2. The molecule has 278 valence electrons. The molecule has 2 amide bonds. The Morgan fingerprint density at radius 3 is 2.47 bits per heavy atom. The van der Waals surface area contributed by atoms with E-state index in [1.54, 1.807) is 11.0 Å². The summed E-state index contributed by atoms with van der Waals surface area (Å²) in [7, 11) is 0. The highest BCUT2D eigenvalue weighted by Crippen LogP contribution is 2.33. The molecule has 0 radical (unpaired) electrons. The summed E-state index contributed by atoms with van der Waals surface area (Å²) in [5, 5.41) is 5.15. The van der Waals surface area contributed by atoms with Gasteiger partial charge in [-0.05, 0) is 97.9 Å². The van der Waals surface area contributed by atoms with E-state index in [9.17, 15) is 18.8 Å². The fraction of sp³-hybridized carbons (Fsp3) is 0.658. The van der Waals surface area contributed by atoms with E-state index in [0.717, 1.165) is 92.7 Å². The summed E-state index contributed by atoms with van der Waals surface area (Å²) in [4.78, 5) is 49.5. The maximum absolute atomic E-state index is 13.7. The predicted molar refractivity (Wildman–Crippen MR) is 190 cm³/mol. The van der Waals surface area contributed by atoms with Gasteiger partial charge in [-0.25, -0.2) is 14.2 Å². The molecule has 3 aromatic rings. The molecule has 1 aromatic carbocycles. The van der Waals surface area contributed by atoms with E-state index in [1.165, 1.54) is 12.1 Å². The zero-order valence-electron chi connectivity index (χ0n) is 30.6. The highest BCUT2D eigenvalue weighted by molar-refractivity contribution is 5.80. The van der Waals surface area contributed by atoms with E-state index in [0.29, 0.717) is 57.8 Å². The van der Waals surface area contributed by atoms with Crippen LogP contribution in [0.3, 0.4) is 0 Å². The number of aromatic nitrogens is 3. The number of aryl methyl sites for hydroxylation is 1. The first-order valence-electron chi connectivity index (χ1n) is 18.7. The molecule has 3 aliphatic heterocycles. The van der Waals surface area contributed by atoms with Gasteiger partial charge in [0.05, 0.1) is 5.69 Å². The summed E-state index contributed by atoms with van der Waals surface area (Å²) >= 11 is 0. The van der Waals surface area contributed by atoms with Gasteiger partial charge in [0, 0.05) is 80.9 Å². The van der Waals surface area contributed by atoms with Crippen LogP contribution in [0.1, 0.15) is 107 Å². The average Bonchev–Trinajstić information content (AvgIpc) is 3.52. The maximum Gasteiger partial charge on any atom is 0.410 e. The summed E-state index contributed by atoms with van der Waals surface area (Å²) in [6.45, 7) is 13.3. The number of piperidine rings is 1. The number of fused-ring (bicyclic) bond motifs is 2. The van der Waals surface area contributed by atoms with Gasteiger partial charge < -0.3 is 28.7 Å². The normalized spacial score (nSPS) is 19.0. The van der Waals surface area contributed by atoms with Gasteiger partial charge in [-0.2, -0.15) is 0 Å². The van der Waals surface area contributed by atoms with E-state index in [-0.39, 0.29) is 35.4 Å². The molecule has 2 fully saturated rings. The zero-order valence-corrected chi connectivity index (χ0v) is 30.6. The molecule has 0 spiro atoms. The van der Waals surface area contributed by atoms with E-state index in [2.05, 4.69) is 10.1 Å². The van der Waals surface area contributed by atoms with Gasteiger partial charge in [0.1, 0.15) is 23.3 Å². The van der Waals surface area contributed by atoms with Crippen LogP contribution >= 0.6 is 0 Å². The largest absolute Gasteiger partial charge is 0.444 e. The topological polar surface area (TPSA) is 123 Å². The summed E-state index contributed by atoms with van der Waals surface area (Å²) in [6, 6.07) is 4.59. The van der Waals surface area contributed by atoms with E-state index < -0.39 is 5.60 Å². The Bertz CT molecular complexity index is 1730. The van der Waals surface area contributed by atoms with Crippen LogP contribution in [0.5, 0.6) is 0 Å². The number of unbranched alkanes of at least 4 members (excludes halogenated alkanes) is 2. The van der Waals surface area contributed by atoms with Crippen molar-refractivity contribution in [1.29, 1.82) is 0 Å². The van der Waals surface area contributed by atoms with Crippen LogP contribution < -0.4 is 5.56 Å². The lowest BCUT2D eigenvalue weighted by Crippen LogP contribution is -2.51. The third-order valence-electron chi connectivity index (χ3n) is 10.4. The van der Waals surface area contributed by atoms with Crippen molar-refractivity contribution < 1.29 is 28.0 Å². The average molecular weight is 709 g/mol. The van der Waals surface area contributed by atoms with Gasteiger partial charge in [-0.15, -0.1) is 0 Å². The highest BCUT2D eigenvalue weighted by atomic mass is 19.1. The van der Waals surface area contributed by atoms with Gasteiger partial charge in [-0.3, -0.25) is 14.2 Å². The lowest BCUT2D eigenvalue weighted by Gasteiger charge is -2.35. The minimum absolute atomic E-state index is 0.0485. The first kappa shape index (κ1) is 36.9. The summed E-state index contributed by atoms with van der Waals surface area (Å²) in [6.07, 6.45) is 6.67. The second-order valence-corrected chi connectivity index (χ2v) is 15.2. The highest BCUT2D eigenvalue weighted by Gasteiger charge is 2.29. The quantitative estimate of drug-likeness (QED) is 0.229. The Morgan fingerprint density at radius 2 is 1.73 bits per heavy atom. The van der Waals surface area contributed by atoms with E-state index >= 15 is 0 Å². The predicted octanol–water partition coefficient (Wildman–Crippen LogP) is 5.75. The monoisotopic (exact) mass is 708 g/mol. The number of carbonyl (C=O) groups is 2. The number of likely N-dealkylation sites (tertiary alicyclic amines) is 1. The molecule has 5 heterocycles. The second kappa shape index (κ2) is 16.2. The lowest BCUT2D eigenvalue weighted by atomic mass is 9.91. The van der Waals surface area contributed by atoms with Crippen LogP contribution in [0.15, 0.2) is 27.5 Å². The number of piperazine rings is 1. The standard InChI is InChI=1S/C38H53FN6O6/c1-26-29(15-19-42-17-13-27(14-18-42)34-30-12-11-28(39)25-32(30)51-41-34)36(47)45-16-8-9-31(35(45)40-26)49-24-7-5-6-10-33(46)43-20-22-44(23-21-43)37(48)50-38(2,3)4/h11-12,25,27,31H,5-10,13-24H2,1-4H3/t31-/m0/s1. The number of benzene rings is 1. The fourth-order valence-electron chi connectivity index (χ4n) is 7.52. The lowest BCUT2D eigenvalue weighted by molar-refractivity contribution is -0.133. The Morgan fingerprint density at radius 1 is 0.980 bits per heavy atom. The van der Waals surface area contributed by atoms with Gasteiger partial charge in [0.2, 0.25) is 5.91 Å². The van der Waals surface area contributed by atoms with E-state index in [4.69, 9.17) is 19.0 Å². The molecule has 3 aliphatic rings. The van der Waals surface area contributed by atoms with E-state index in [1.807, 2.05) is 37.2 Å². The molecule has 2 aromatic heterocycles. The number of rotatable bonds is 11. The van der Waals surface area contributed by atoms with Crippen molar-refractivity contribution in [2.45, 2.75) is 110 Å². The molecule has 0 aliphatic carbocycles. The Hall–Kier alpha value is -3.84. The van der Waals surface area contributed by atoms with Gasteiger partial charge >= 0.3 is 6.09 Å². The third-order valence-corrected chi connectivity index (χ3v) is 10.4. The van der Waals surface area contributed by atoms with Crippen molar-refractivity contribution in [2.75, 3.05) is 52.4 Å². The summed E-state index contributed by atoms with van der Waals surface area (Å²) in [5.41, 5.74) is 2.48. The first-order chi connectivity index (χ1) is 24.5. The van der Waals surface area contributed by atoms with Crippen LogP contribution in [0.2, 0.25) is 0 Å². The minimum Gasteiger partial charge on any atom is -0.444 e. The molecular formula is C38H53FN6O6. The molecular weight excluding hydrogens is 655 g/mol. The number of nitrogens with zero attached hydrogens (tertiary/aromatic N) is 6. The molecule has 13 heteroatoms. The van der Waals surface area contributed by atoms with Crippen LogP contribution in [0.25, 0.3) is 11.0 Å². The maximum atomic E-state index is 13.7. The molecule has 1 atom stereocenters. The van der Waals surface area contributed by atoms with Gasteiger partial charge in [-0.1, -0.05) is 11.6 Å². The van der Waals surface area contributed by atoms with Crippen LogP contribution in [-0.4, -0.2) is 99.4 Å². The molecule has 0 N–H and O–H groups in total. The fourth-order valence-corrected chi connectivity index (χ4v) is 7.52. The van der Waals surface area contributed by atoms with Gasteiger partial charge in [0.15, 0.2) is 5.58 Å². The first-order valence-corrected chi connectivity index (χ1v) is 18.7. The summed E-state index contributed by atoms with van der Waals surface area (Å²) in [5.74, 6) is 0.799. The Kier molecular flexibility index (Phi) is 11.8. The molecule has 2 saturated heterocycles. The summed E-state index contributed by atoms with van der Waals surface area (Å²) < 4.78 is 32.5. The number of hydrogen-bond acceptors (Lipinski definition) is 9. The molecule has 6 rings (SSSR count). The SMILES string of the molecule is Cc1nc2n(c(=O)c1CCN1CCC(c3noc4cc(F)ccc34)CC1)CCC[C@@H]2OCCCCCC(=O)N1CCN(C(=O)OC(C)(C)C)CC1. The molecule has 51 heavy (non-hydrogen) atoms. The van der Waals surface area contributed by atoms with Gasteiger partial charge in [0.25, 0.3) is 5.56 Å². The molecule has 0 saturated carbocycles. The number of halogens is 1. The zero-order chi connectivity index (χ0) is 36.1. The number of amides is 2. The minimum atomic E-state index is -0.533. The van der Waals surface area contributed by atoms with Crippen LogP contribution in [-0.2, 0) is 27.2 Å². The van der Waals surface area contributed by atoms with Crippen molar-refractivity contribution in [3.63, 3.8) is 0 Å². The molecule has 12 nitrogen and oxygen atoms in total. The number of ether oxygens (including phenoxy) is 2. The van der Waals surface area contributed by atoms with Crippen LogP contribution in [0.4, 0.5) is 9.18 Å². The van der Waals surface area contributed by atoms with Crippen LogP contribution in [0, 0.1) is 12.7 Å². The molecule has 0 bridgehead atoms. The van der Waals surface area contributed by atoms with Crippen molar-refractivity contribution in [1.82, 2.24) is 29.4 Å². The second-order valence-electron chi connectivity index (χ2n) is 15.2. The Balaban J connectivity index is 0.912. The van der Waals surface area contributed by atoms with Crippen molar-refractivity contribution in [3.8, 4) is 0 Å². The Labute approximate surface area is 299 Å². The molecule has 0 unspecified atom stereocenters. The number of hydrogen-bond donors (Lipinski definition) is 0. The third kappa shape index (κ3) is 9.15.